The molecule has 0 fully saturated rings. The highest BCUT2D eigenvalue weighted by atomic mass is 19.1. The molecule has 80 valence electrons. The summed E-state index contributed by atoms with van der Waals surface area (Å²) in [6.45, 7) is 6.03. The molecule has 1 aliphatic rings. The third-order valence-electron chi connectivity index (χ3n) is 2.83. The van der Waals surface area contributed by atoms with Crippen molar-refractivity contribution in [2.75, 3.05) is 13.1 Å². The first-order chi connectivity index (χ1) is 7.20. The van der Waals surface area contributed by atoms with Gasteiger partial charge in [0.15, 0.2) is 0 Å². The van der Waals surface area contributed by atoms with E-state index in [9.17, 15) is 4.39 Å². The molecule has 0 saturated carbocycles. The quantitative estimate of drug-likeness (QED) is 0.726. The Morgan fingerprint density at radius 3 is 2.60 bits per heavy atom. The van der Waals surface area contributed by atoms with E-state index in [2.05, 4.69) is 16.8 Å². The minimum absolute atomic E-state index is 0.172. The van der Waals surface area contributed by atoms with Gasteiger partial charge in [0, 0.05) is 13.1 Å². The van der Waals surface area contributed by atoms with Gasteiger partial charge in [-0.1, -0.05) is 12.1 Å². The molecule has 0 amide bonds. The van der Waals surface area contributed by atoms with Crippen LogP contribution in [-0.4, -0.2) is 23.8 Å². The van der Waals surface area contributed by atoms with Crippen molar-refractivity contribution in [1.29, 1.82) is 0 Å². The Kier molecular flexibility index (Phi) is 2.71. The molecule has 2 rings (SSSR count). The van der Waals surface area contributed by atoms with Crippen LogP contribution in [0.3, 0.4) is 0 Å². The number of hydrogen-bond acceptors (Lipinski definition) is 2. The van der Waals surface area contributed by atoms with Crippen LogP contribution < -0.4 is 0 Å². The van der Waals surface area contributed by atoms with E-state index in [0.29, 0.717) is 0 Å². The van der Waals surface area contributed by atoms with Crippen molar-refractivity contribution < 1.29 is 4.39 Å². The molecule has 0 saturated heterocycles. The summed E-state index contributed by atoms with van der Waals surface area (Å²) < 4.78 is 12.7. The van der Waals surface area contributed by atoms with Gasteiger partial charge in [-0.15, -0.1) is 0 Å². The zero-order valence-corrected chi connectivity index (χ0v) is 9.07. The summed E-state index contributed by atoms with van der Waals surface area (Å²) in [4.78, 5) is 6.79. The standard InChI is InChI=1S/C12H15FN2/c1-3-15-8-12(14-9(15)2)10-4-6-11(13)7-5-10/h4-7,12H,3,8H2,1-2H3. The fraction of sp³-hybridized carbons (Fsp3) is 0.417. The van der Waals surface area contributed by atoms with Crippen molar-refractivity contribution in [3.05, 3.63) is 35.6 Å². The summed E-state index contributed by atoms with van der Waals surface area (Å²) in [7, 11) is 0. The molecule has 1 aliphatic heterocycles. The van der Waals surface area contributed by atoms with E-state index in [0.717, 1.165) is 24.5 Å². The molecule has 0 aromatic heterocycles. The van der Waals surface area contributed by atoms with E-state index >= 15 is 0 Å². The van der Waals surface area contributed by atoms with Crippen molar-refractivity contribution in [1.82, 2.24) is 4.90 Å². The summed E-state index contributed by atoms with van der Waals surface area (Å²) in [5.41, 5.74) is 1.09. The molecular weight excluding hydrogens is 191 g/mol. The summed E-state index contributed by atoms with van der Waals surface area (Å²) in [5.74, 6) is 0.886. The number of halogens is 1. The second-order valence-corrected chi connectivity index (χ2v) is 3.78. The van der Waals surface area contributed by atoms with Crippen LogP contribution in [0.1, 0.15) is 25.5 Å². The second-order valence-electron chi connectivity index (χ2n) is 3.78. The largest absolute Gasteiger partial charge is 0.358 e. The van der Waals surface area contributed by atoms with Crippen molar-refractivity contribution in [2.24, 2.45) is 4.99 Å². The summed E-state index contributed by atoms with van der Waals surface area (Å²) in [6, 6.07) is 6.79. The second kappa shape index (κ2) is 4.01. The average Bonchev–Trinajstić information content (AvgIpc) is 2.61. The third-order valence-corrected chi connectivity index (χ3v) is 2.83. The van der Waals surface area contributed by atoms with Gasteiger partial charge in [-0.2, -0.15) is 0 Å². The van der Waals surface area contributed by atoms with E-state index in [-0.39, 0.29) is 11.9 Å². The maximum atomic E-state index is 12.7. The third kappa shape index (κ3) is 2.01. The molecule has 1 aromatic carbocycles. The summed E-state index contributed by atoms with van der Waals surface area (Å²) >= 11 is 0. The smallest absolute Gasteiger partial charge is 0.123 e. The van der Waals surface area contributed by atoms with Gasteiger partial charge < -0.3 is 4.90 Å². The van der Waals surface area contributed by atoms with Gasteiger partial charge in [-0.05, 0) is 31.5 Å². The first-order valence-corrected chi connectivity index (χ1v) is 5.25. The Hall–Kier alpha value is -1.38. The Bertz CT molecular complexity index is 370. The number of likely N-dealkylation sites (N-methyl/N-ethyl adjacent to an activating group) is 1. The molecule has 0 aliphatic carbocycles. The van der Waals surface area contributed by atoms with Gasteiger partial charge in [0.1, 0.15) is 5.82 Å². The van der Waals surface area contributed by atoms with Gasteiger partial charge in [0.2, 0.25) is 0 Å². The van der Waals surface area contributed by atoms with Gasteiger partial charge in [-0.3, -0.25) is 4.99 Å². The van der Waals surface area contributed by atoms with E-state index < -0.39 is 0 Å². The number of amidine groups is 1. The lowest BCUT2D eigenvalue weighted by atomic mass is 10.1. The number of benzene rings is 1. The lowest BCUT2D eigenvalue weighted by Gasteiger charge is -2.16. The van der Waals surface area contributed by atoms with E-state index in [1.807, 2.05) is 19.1 Å². The van der Waals surface area contributed by atoms with Crippen molar-refractivity contribution in [2.45, 2.75) is 19.9 Å². The van der Waals surface area contributed by atoms with Crippen molar-refractivity contribution >= 4 is 5.84 Å². The number of aliphatic imine (C=N–C) groups is 1. The SMILES string of the molecule is CCN1CC(c2ccc(F)cc2)N=C1C. The van der Waals surface area contributed by atoms with Gasteiger partial charge >= 0.3 is 0 Å². The summed E-state index contributed by atoms with van der Waals surface area (Å²) in [6.07, 6.45) is 0. The highest BCUT2D eigenvalue weighted by molar-refractivity contribution is 5.81. The number of hydrogen-bond donors (Lipinski definition) is 0. The Morgan fingerprint density at radius 1 is 1.40 bits per heavy atom. The highest BCUT2D eigenvalue weighted by Crippen LogP contribution is 2.24. The molecular formula is C12H15FN2. The Balaban J connectivity index is 2.17. The lowest BCUT2D eigenvalue weighted by molar-refractivity contribution is 0.446. The average molecular weight is 206 g/mol. The fourth-order valence-corrected chi connectivity index (χ4v) is 1.91. The predicted octanol–water partition coefficient (Wildman–Crippen LogP) is 2.62. The zero-order valence-electron chi connectivity index (χ0n) is 9.07. The number of rotatable bonds is 2. The van der Waals surface area contributed by atoms with Crippen LogP contribution in [0.5, 0.6) is 0 Å². The first kappa shape index (κ1) is 10.1. The molecule has 1 aromatic rings. The molecule has 0 spiro atoms. The minimum atomic E-state index is -0.190. The van der Waals surface area contributed by atoms with E-state index in [4.69, 9.17) is 0 Å². The summed E-state index contributed by atoms with van der Waals surface area (Å²) in [5, 5.41) is 0. The van der Waals surface area contributed by atoms with E-state index in [1.165, 1.54) is 12.1 Å². The molecule has 0 N–H and O–H groups in total. The fourth-order valence-electron chi connectivity index (χ4n) is 1.91. The first-order valence-electron chi connectivity index (χ1n) is 5.25. The molecule has 2 nitrogen and oxygen atoms in total. The van der Waals surface area contributed by atoms with Gasteiger partial charge in [0.05, 0.1) is 11.9 Å². The Labute approximate surface area is 89.4 Å². The van der Waals surface area contributed by atoms with Crippen LogP contribution in [0.2, 0.25) is 0 Å². The van der Waals surface area contributed by atoms with Crippen LogP contribution in [0.25, 0.3) is 0 Å². The monoisotopic (exact) mass is 206 g/mol. The van der Waals surface area contributed by atoms with Crippen LogP contribution in [0.4, 0.5) is 4.39 Å². The topological polar surface area (TPSA) is 15.6 Å². The zero-order chi connectivity index (χ0) is 10.8. The molecule has 0 bridgehead atoms. The minimum Gasteiger partial charge on any atom is -0.358 e. The highest BCUT2D eigenvalue weighted by Gasteiger charge is 2.21. The predicted molar refractivity (Wildman–Crippen MR) is 59.5 cm³/mol. The van der Waals surface area contributed by atoms with Gasteiger partial charge in [0.25, 0.3) is 0 Å². The van der Waals surface area contributed by atoms with Crippen LogP contribution in [-0.2, 0) is 0 Å². The Morgan fingerprint density at radius 2 is 2.07 bits per heavy atom. The molecule has 1 heterocycles. The maximum absolute atomic E-state index is 12.7. The van der Waals surface area contributed by atoms with Crippen molar-refractivity contribution in [3.63, 3.8) is 0 Å². The van der Waals surface area contributed by atoms with E-state index in [1.54, 1.807) is 0 Å². The van der Waals surface area contributed by atoms with Gasteiger partial charge in [-0.25, -0.2) is 4.39 Å². The van der Waals surface area contributed by atoms with Crippen LogP contribution in [0.15, 0.2) is 29.3 Å². The molecule has 1 atom stereocenters. The van der Waals surface area contributed by atoms with Crippen molar-refractivity contribution in [3.8, 4) is 0 Å². The lowest BCUT2D eigenvalue weighted by Crippen LogP contribution is -2.25. The molecule has 15 heavy (non-hydrogen) atoms. The number of nitrogens with zero attached hydrogens (tertiary/aromatic N) is 2. The maximum Gasteiger partial charge on any atom is 0.123 e. The molecule has 1 unspecified atom stereocenters. The molecule has 3 heteroatoms. The molecule has 0 radical (unpaired) electrons. The normalized spacial score (nSPS) is 20.6. The van der Waals surface area contributed by atoms with Crippen LogP contribution in [0, 0.1) is 5.82 Å². The van der Waals surface area contributed by atoms with Crippen LogP contribution >= 0.6 is 0 Å².